The monoisotopic (exact) mass is 173 g/mol. The average molecular weight is 173 g/mol. The Hall–Kier alpha value is -0.120. The van der Waals surface area contributed by atoms with E-state index in [1.807, 2.05) is 13.8 Å². The molecule has 2 rings (SSSR count). The number of ether oxygens (including phenoxy) is 2. The van der Waals surface area contributed by atoms with Crippen molar-refractivity contribution in [1.82, 2.24) is 5.32 Å². The zero-order chi connectivity index (χ0) is 9.03. The Kier molecular flexibility index (Phi) is 3.50. The molecular weight excluding hydrogens is 154 g/mol. The van der Waals surface area contributed by atoms with E-state index in [1.165, 1.54) is 0 Å². The molecule has 1 atom stereocenters. The predicted molar refractivity (Wildman–Crippen MR) is 48.1 cm³/mol. The minimum absolute atomic E-state index is 0.264. The molecule has 0 aromatic rings. The summed E-state index contributed by atoms with van der Waals surface area (Å²) in [6.07, 6.45) is 0.994. The van der Waals surface area contributed by atoms with E-state index in [4.69, 9.17) is 9.47 Å². The second-order valence-corrected chi connectivity index (χ2v) is 2.93. The van der Waals surface area contributed by atoms with Crippen molar-refractivity contribution in [1.29, 1.82) is 0 Å². The maximum atomic E-state index is 5.53. The van der Waals surface area contributed by atoms with Crippen LogP contribution in [-0.4, -0.2) is 31.6 Å². The normalized spacial score (nSPS) is 31.8. The lowest BCUT2D eigenvalue weighted by atomic mass is 10.1. The zero-order valence-corrected chi connectivity index (χ0v) is 8.22. The molecule has 2 aliphatic heterocycles. The molecule has 12 heavy (non-hydrogen) atoms. The Bertz CT molecular complexity index is 127. The van der Waals surface area contributed by atoms with E-state index < -0.39 is 0 Å². The average Bonchev–Trinajstić information content (AvgIpc) is 2.70. The molecule has 3 heteroatoms. The smallest absolute Gasteiger partial charge is 0.184 e. The number of rotatable bonds is 0. The van der Waals surface area contributed by atoms with Crippen molar-refractivity contribution < 1.29 is 9.47 Å². The molecule has 72 valence electrons. The van der Waals surface area contributed by atoms with Crippen molar-refractivity contribution in [3.63, 3.8) is 0 Å². The maximum absolute atomic E-state index is 5.53. The van der Waals surface area contributed by atoms with Crippen LogP contribution in [0.2, 0.25) is 0 Å². The van der Waals surface area contributed by atoms with Gasteiger partial charge in [0.1, 0.15) is 0 Å². The Morgan fingerprint density at radius 2 is 1.83 bits per heavy atom. The third-order valence-corrected chi connectivity index (χ3v) is 2.36. The van der Waals surface area contributed by atoms with Gasteiger partial charge in [-0.2, -0.15) is 0 Å². The minimum atomic E-state index is -0.264. The highest BCUT2D eigenvalue weighted by molar-refractivity contribution is 4.91. The van der Waals surface area contributed by atoms with Gasteiger partial charge in [0.2, 0.25) is 0 Å². The van der Waals surface area contributed by atoms with E-state index in [9.17, 15) is 0 Å². The lowest BCUT2D eigenvalue weighted by Crippen LogP contribution is -2.41. The van der Waals surface area contributed by atoms with Gasteiger partial charge >= 0.3 is 0 Å². The van der Waals surface area contributed by atoms with Crippen LogP contribution in [0.1, 0.15) is 27.2 Å². The van der Waals surface area contributed by atoms with Gasteiger partial charge in [0.25, 0.3) is 0 Å². The van der Waals surface area contributed by atoms with Crippen LogP contribution in [0, 0.1) is 0 Å². The molecule has 0 aromatic heterocycles. The van der Waals surface area contributed by atoms with Crippen molar-refractivity contribution in [2.75, 3.05) is 19.8 Å². The van der Waals surface area contributed by atoms with Gasteiger partial charge in [-0.05, 0) is 6.92 Å². The fraction of sp³-hybridized carbons (Fsp3) is 1.00. The Morgan fingerprint density at radius 3 is 2.25 bits per heavy atom. The highest BCUT2D eigenvalue weighted by Crippen LogP contribution is 2.30. The van der Waals surface area contributed by atoms with E-state index in [0.29, 0.717) is 6.04 Å². The van der Waals surface area contributed by atoms with Gasteiger partial charge in [-0.1, -0.05) is 13.8 Å². The van der Waals surface area contributed by atoms with Crippen LogP contribution in [0.3, 0.4) is 0 Å². The first-order chi connectivity index (χ1) is 5.83. The summed E-state index contributed by atoms with van der Waals surface area (Å²) in [4.78, 5) is 0. The highest BCUT2D eigenvalue weighted by atomic mass is 16.7. The summed E-state index contributed by atoms with van der Waals surface area (Å²) in [6, 6.07) is 0.356. The van der Waals surface area contributed by atoms with E-state index in [-0.39, 0.29) is 5.79 Å². The second-order valence-electron chi connectivity index (χ2n) is 2.93. The lowest BCUT2D eigenvalue weighted by molar-refractivity contribution is -0.159. The molecule has 0 amide bonds. The summed E-state index contributed by atoms with van der Waals surface area (Å²) >= 11 is 0. The molecule has 0 aliphatic carbocycles. The molecule has 3 nitrogen and oxygen atoms in total. The number of nitrogens with one attached hydrogen (secondary N) is 1. The molecular formula is C9H19NO2. The van der Waals surface area contributed by atoms with Gasteiger partial charge in [-0.15, -0.1) is 0 Å². The van der Waals surface area contributed by atoms with Crippen LogP contribution in [0.25, 0.3) is 0 Å². The molecule has 2 aliphatic rings. The molecule has 0 saturated carbocycles. The van der Waals surface area contributed by atoms with Crippen LogP contribution in [0.4, 0.5) is 0 Å². The summed E-state index contributed by atoms with van der Waals surface area (Å²) in [7, 11) is 0. The standard InChI is InChI=1S/C7H13NO2.C2H6/c1-6-7(2-3-8-6)9-4-5-10-7;1-2/h6,8H,2-5H2,1H3;1-2H3. The molecule has 0 bridgehead atoms. The third-order valence-electron chi connectivity index (χ3n) is 2.36. The molecule has 1 N–H and O–H groups in total. The fourth-order valence-corrected chi connectivity index (χ4v) is 1.70. The quantitative estimate of drug-likeness (QED) is 0.596. The van der Waals surface area contributed by atoms with Crippen molar-refractivity contribution >= 4 is 0 Å². The van der Waals surface area contributed by atoms with Crippen molar-refractivity contribution in [3.05, 3.63) is 0 Å². The van der Waals surface area contributed by atoms with Gasteiger partial charge in [-0.25, -0.2) is 0 Å². The maximum Gasteiger partial charge on any atom is 0.184 e. The van der Waals surface area contributed by atoms with E-state index >= 15 is 0 Å². The molecule has 2 saturated heterocycles. The van der Waals surface area contributed by atoms with Crippen LogP contribution >= 0.6 is 0 Å². The van der Waals surface area contributed by atoms with Crippen molar-refractivity contribution in [3.8, 4) is 0 Å². The van der Waals surface area contributed by atoms with E-state index in [2.05, 4.69) is 12.2 Å². The third kappa shape index (κ3) is 1.63. The molecule has 1 unspecified atom stereocenters. The first kappa shape index (κ1) is 9.96. The van der Waals surface area contributed by atoms with Crippen LogP contribution in [0.15, 0.2) is 0 Å². The largest absolute Gasteiger partial charge is 0.346 e. The summed E-state index contributed by atoms with van der Waals surface area (Å²) in [5.74, 6) is -0.264. The Labute approximate surface area is 74.4 Å². The first-order valence-corrected chi connectivity index (χ1v) is 4.85. The van der Waals surface area contributed by atoms with Gasteiger partial charge in [0.15, 0.2) is 5.79 Å². The SMILES string of the molecule is CC.CC1NCCC12OCCO2. The van der Waals surface area contributed by atoms with Crippen LogP contribution in [0.5, 0.6) is 0 Å². The number of hydrogen-bond donors (Lipinski definition) is 1. The summed E-state index contributed by atoms with van der Waals surface area (Å²) in [5, 5.41) is 3.30. The van der Waals surface area contributed by atoms with Gasteiger partial charge in [-0.3, -0.25) is 0 Å². The Balaban J connectivity index is 0.000000336. The molecule has 2 fully saturated rings. The first-order valence-electron chi connectivity index (χ1n) is 4.85. The molecule has 1 spiro atoms. The second kappa shape index (κ2) is 4.21. The Morgan fingerprint density at radius 1 is 1.25 bits per heavy atom. The minimum Gasteiger partial charge on any atom is -0.346 e. The molecule has 0 radical (unpaired) electrons. The van der Waals surface area contributed by atoms with E-state index in [0.717, 1.165) is 26.2 Å². The van der Waals surface area contributed by atoms with Crippen molar-refractivity contribution in [2.45, 2.75) is 39.0 Å². The molecule has 2 heterocycles. The van der Waals surface area contributed by atoms with Gasteiger partial charge < -0.3 is 14.8 Å². The van der Waals surface area contributed by atoms with E-state index in [1.54, 1.807) is 0 Å². The topological polar surface area (TPSA) is 30.5 Å². The fourth-order valence-electron chi connectivity index (χ4n) is 1.70. The summed E-state index contributed by atoms with van der Waals surface area (Å²) in [6.45, 7) is 8.64. The zero-order valence-electron chi connectivity index (χ0n) is 8.22. The molecule has 0 aromatic carbocycles. The van der Waals surface area contributed by atoms with Crippen molar-refractivity contribution in [2.24, 2.45) is 0 Å². The van der Waals surface area contributed by atoms with Gasteiger partial charge in [0, 0.05) is 13.0 Å². The van der Waals surface area contributed by atoms with Crippen LogP contribution < -0.4 is 5.32 Å². The summed E-state index contributed by atoms with van der Waals surface area (Å²) in [5.41, 5.74) is 0. The lowest BCUT2D eigenvalue weighted by Gasteiger charge is -2.25. The summed E-state index contributed by atoms with van der Waals surface area (Å²) < 4.78 is 11.1. The number of hydrogen-bond acceptors (Lipinski definition) is 3. The highest BCUT2D eigenvalue weighted by Gasteiger charge is 2.45. The van der Waals surface area contributed by atoms with Crippen LogP contribution in [-0.2, 0) is 9.47 Å². The predicted octanol–water partition coefficient (Wildman–Crippen LogP) is 1.14. The van der Waals surface area contributed by atoms with Gasteiger partial charge in [0.05, 0.1) is 19.3 Å².